The SMILES string of the molecule is Cc1ccc(-c2ccc(O[C@H](C)C(=O)NCC(F)(F)F)cc2)cc1. The van der Waals surface area contributed by atoms with Gasteiger partial charge in [0.1, 0.15) is 12.3 Å². The first kappa shape index (κ1) is 17.8. The number of rotatable bonds is 5. The van der Waals surface area contributed by atoms with Crippen molar-refractivity contribution < 1.29 is 22.7 Å². The Morgan fingerprint density at radius 1 is 1.04 bits per heavy atom. The van der Waals surface area contributed by atoms with Crippen LogP contribution < -0.4 is 10.1 Å². The van der Waals surface area contributed by atoms with E-state index in [0.29, 0.717) is 5.75 Å². The second-order valence-corrected chi connectivity index (χ2v) is 5.48. The van der Waals surface area contributed by atoms with E-state index in [1.165, 1.54) is 6.92 Å². The van der Waals surface area contributed by atoms with E-state index in [-0.39, 0.29) is 0 Å². The zero-order valence-electron chi connectivity index (χ0n) is 13.4. The number of ether oxygens (including phenoxy) is 1. The standard InChI is InChI=1S/C18H18F3NO2/c1-12-3-5-14(6-4-12)15-7-9-16(10-8-15)24-13(2)17(23)22-11-18(19,20)21/h3-10,13H,11H2,1-2H3,(H,22,23)/t13-/m1/s1. The van der Waals surface area contributed by atoms with E-state index >= 15 is 0 Å². The Balaban J connectivity index is 1.96. The van der Waals surface area contributed by atoms with Gasteiger partial charge in [-0.05, 0) is 37.1 Å². The zero-order chi connectivity index (χ0) is 17.7. The summed E-state index contributed by atoms with van der Waals surface area (Å²) in [6.07, 6.45) is -5.46. The molecule has 2 aromatic rings. The van der Waals surface area contributed by atoms with Gasteiger partial charge in [-0.25, -0.2) is 0 Å². The average molecular weight is 337 g/mol. The molecule has 0 heterocycles. The second-order valence-electron chi connectivity index (χ2n) is 5.48. The molecule has 0 spiro atoms. The molecule has 3 nitrogen and oxygen atoms in total. The molecule has 128 valence electrons. The number of amides is 1. The van der Waals surface area contributed by atoms with Gasteiger partial charge in [0.25, 0.3) is 5.91 Å². The number of nitrogens with one attached hydrogen (secondary N) is 1. The smallest absolute Gasteiger partial charge is 0.405 e. The summed E-state index contributed by atoms with van der Waals surface area (Å²) < 4.78 is 41.6. The summed E-state index contributed by atoms with van der Waals surface area (Å²) in [4.78, 5) is 11.6. The number of halogens is 3. The van der Waals surface area contributed by atoms with Gasteiger partial charge in [-0.1, -0.05) is 42.0 Å². The molecule has 1 N–H and O–H groups in total. The number of hydrogen-bond acceptors (Lipinski definition) is 2. The molecule has 0 aliphatic carbocycles. The highest BCUT2D eigenvalue weighted by atomic mass is 19.4. The third kappa shape index (κ3) is 5.30. The predicted molar refractivity (Wildman–Crippen MR) is 85.8 cm³/mol. The molecule has 0 bridgehead atoms. The van der Waals surface area contributed by atoms with E-state index < -0.39 is 24.7 Å². The van der Waals surface area contributed by atoms with Crippen molar-refractivity contribution in [2.24, 2.45) is 0 Å². The number of aryl methyl sites for hydroxylation is 1. The fourth-order valence-corrected chi connectivity index (χ4v) is 2.06. The van der Waals surface area contributed by atoms with Crippen LogP contribution in [0.2, 0.25) is 0 Å². The van der Waals surface area contributed by atoms with Gasteiger partial charge in [-0.15, -0.1) is 0 Å². The van der Waals surface area contributed by atoms with E-state index in [4.69, 9.17) is 4.74 Å². The Bertz CT molecular complexity index is 679. The quantitative estimate of drug-likeness (QED) is 0.892. The van der Waals surface area contributed by atoms with E-state index in [2.05, 4.69) is 0 Å². The molecule has 0 fully saturated rings. The van der Waals surface area contributed by atoms with Gasteiger partial charge in [-0.2, -0.15) is 13.2 Å². The van der Waals surface area contributed by atoms with Crippen molar-refractivity contribution in [1.82, 2.24) is 5.32 Å². The summed E-state index contributed by atoms with van der Waals surface area (Å²) in [6.45, 7) is 2.04. The van der Waals surface area contributed by atoms with E-state index in [1.807, 2.05) is 43.3 Å². The van der Waals surface area contributed by atoms with Crippen molar-refractivity contribution in [1.29, 1.82) is 0 Å². The lowest BCUT2D eigenvalue weighted by molar-refractivity contribution is -0.142. The van der Waals surface area contributed by atoms with Crippen molar-refractivity contribution in [3.63, 3.8) is 0 Å². The van der Waals surface area contributed by atoms with Gasteiger partial charge >= 0.3 is 6.18 Å². The minimum Gasteiger partial charge on any atom is -0.481 e. The Morgan fingerprint density at radius 3 is 2.04 bits per heavy atom. The fraction of sp³-hybridized carbons (Fsp3) is 0.278. The number of hydrogen-bond donors (Lipinski definition) is 1. The summed E-state index contributed by atoms with van der Waals surface area (Å²) in [6, 6.07) is 15.0. The summed E-state index contributed by atoms with van der Waals surface area (Å²) in [5.41, 5.74) is 3.19. The topological polar surface area (TPSA) is 38.3 Å². The molecule has 0 radical (unpaired) electrons. The van der Waals surface area contributed by atoms with Crippen molar-refractivity contribution in [2.75, 3.05) is 6.54 Å². The Hall–Kier alpha value is -2.50. The van der Waals surface area contributed by atoms with Crippen LogP contribution in [-0.2, 0) is 4.79 Å². The van der Waals surface area contributed by atoms with Crippen molar-refractivity contribution >= 4 is 5.91 Å². The molecule has 24 heavy (non-hydrogen) atoms. The molecule has 0 unspecified atom stereocenters. The highest BCUT2D eigenvalue weighted by Gasteiger charge is 2.29. The van der Waals surface area contributed by atoms with Crippen LogP contribution in [0.5, 0.6) is 5.75 Å². The van der Waals surface area contributed by atoms with Gasteiger partial charge in [0.15, 0.2) is 6.10 Å². The lowest BCUT2D eigenvalue weighted by Crippen LogP contribution is -2.41. The summed E-state index contributed by atoms with van der Waals surface area (Å²) in [5.74, 6) is -0.393. The average Bonchev–Trinajstić information content (AvgIpc) is 2.53. The molecule has 0 aliphatic rings. The monoisotopic (exact) mass is 337 g/mol. The van der Waals surface area contributed by atoms with E-state index in [0.717, 1.165) is 16.7 Å². The molecule has 2 rings (SSSR count). The first-order chi connectivity index (χ1) is 11.2. The molecule has 2 aromatic carbocycles. The van der Waals surface area contributed by atoms with Gasteiger partial charge in [0.2, 0.25) is 0 Å². The lowest BCUT2D eigenvalue weighted by Gasteiger charge is -2.16. The van der Waals surface area contributed by atoms with Crippen LogP contribution in [0.4, 0.5) is 13.2 Å². The molecule has 0 saturated carbocycles. The van der Waals surface area contributed by atoms with E-state index in [9.17, 15) is 18.0 Å². The third-order valence-electron chi connectivity index (χ3n) is 3.38. The minimum atomic E-state index is -4.44. The molecular formula is C18H18F3NO2. The normalized spacial score (nSPS) is 12.5. The molecule has 1 amide bonds. The maximum Gasteiger partial charge on any atom is 0.405 e. The van der Waals surface area contributed by atoms with Crippen molar-refractivity contribution in [3.05, 3.63) is 54.1 Å². The number of carbonyl (C=O) groups is 1. The Kier molecular flexibility index (Phi) is 5.49. The highest BCUT2D eigenvalue weighted by molar-refractivity contribution is 5.80. The zero-order valence-corrected chi connectivity index (χ0v) is 13.4. The van der Waals surface area contributed by atoms with E-state index in [1.54, 1.807) is 17.4 Å². The first-order valence-corrected chi connectivity index (χ1v) is 7.43. The van der Waals surface area contributed by atoms with Crippen LogP contribution in [0.1, 0.15) is 12.5 Å². The largest absolute Gasteiger partial charge is 0.481 e. The fourth-order valence-electron chi connectivity index (χ4n) is 2.06. The third-order valence-corrected chi connectivity index (χ3v) is 3.38. The second kappa shape index (κ2) is 7.38. The minimum absolute atomic E-state index is 0.417. The first-order valence-electron chi connectivity index (χ1n) is 7.43. The molecule has 0 aromatic heterocycles. The van der Waals surface area contributed by atoms with Crippen LogP contribution in [0.3, 0.4) is 0 Å². The summed E-state index contributed by atoms with van der Waals surface area (Å²) >= 11 is 0. The number of alkyl halides is 3. The van der Waals surface area contributed by atoms with Gasteiger partial charge in [0, 0.05) is 0 Å². The molecule has 1 atom stereocenters. The molecular weight excluding hydrogens is 319 g/mol. The molecule has 0 saturated heterocycles. The summed E-state index contributed by atoms with van der Waals surface area (Å²) in [7, 11) is 0. The van der Waals surface area contributed by atoms with Gasteiger partial charge in [0.05, 0.1) is 0 Å². The van der Waals surface area contributed by atoms with Crippen LogP contribution in [0, 0.1) is 6.92 Å². The Labute approximate surface area is 138 Å². The number of benzene rings is 2. The molecule has 6 heteroatoms. The van der Waals surface area contributed by atoms with Crippen LogP contribution in [0.25, 0.3) is 11.1 Å². The number of carbonyl (C=O) groups excluding carboxylic acids is 1. The van der Waals surface area contributed by atoms with Gasteiger partial charge < -0.3 is 10.1 Å². The summed E-state index contributed by atoms with van der Waals surface area (Å²) in [5, 5.41) is 1.80. The highest BCUT2D eigenvalue weighted by Crippen LogP contribution is 2.23. The molecule has 0 aliphatic heterocycles. The van der Waals surface area contributed by atoms with Crippen LogP contribution >= 0.6 is 0 Å². The predicted octanol–water partition coefficient (Wildman–Crippen LogP) is 4.11. The van der Waals surface area contributed by atoms with Crippen LogP contribution in [0.15, 0.2) is 48.5 Å². The van der Waals surface area contributed by atoms with Gasteiger partial charge in [-0.3, -0.25) is 4.79 Å². The van der Waals surface area contributed by atoms with Crippen molar-refractivity contribution in [3.8, 4) is 16.9 Å². The Morgan fingerprint density at radius 2 is 1.54 bits per heavy atom. The lowest BCUT2D eigenvalue weighted by atomic mass is 10.0. The van der Waals surface area contributed by atoms with Crippen LogP contribution in [-0.4, -0.2) is 24.7 Å². The van der Waals surface area contributed by atoms with Crippen molar-refractivity contribution in [2.45, 2.75) is 26.1 Å². The maximum absolute atomic E-state index is 12.1. The maximum atomic E-state index is 12.1.